The molecule has 1 heterocycles. The summed E-state index contributed by atoms with van der Waals surface area (Å²) in [5, 5.41) is 6.10. The van der Waals surface area contributed by atoms with E-state index in [1.807, 2.05) is 0 Å². The van der Waals surface area contributed by atoms with Gasteiger partial charge in [0.1, 0.15) is 5.82 Å². The number of nitrogens with zero attached hydrogens (tertiary/aromatic N) is 2. The fraction of sp³-hybridized carbons (Fsp3) is 0.316. The number of pyridine rings is 1. The number of hydrogen-bond donors (Lipinski definition) is 3. The van der Waals surface area contributed by atoms with Gasteiger partial charge in [0.2, 0.25) is 15.9 Å². The number of carbonyl (C=O) groups is 2. The lowest BCUT2D eigenvalue weighted by Crippen LogP contribution is -2.26. The number of anilines is 4. The Balaban J connectivity index is 2.02. The summed E-state index contributed by atoms with van der Waals surface area (Å²) in [5.74, 6) is -0.498. The van der Waals surface area contributed by atoms with Gasteiger partial charge < -0.3 is 10.6 Å². The van der Waals surface area contributed by atoms with Gasteiger partial charge in [-0.3, -0.25) is 18.7 Å². The SMILES string of the molecule is CONC(=O)c1cnc(NC(=O)C2CC2)cc1Nc1ccc(Cl)cc1N(C)S(C)(=O)=O. The van der Waals surface area contributed by atoms with E-state index in [-0.39, 0.29) is 34.6 Å². The summed E-state index contributed by atoms with van der Waals surface area (Å²) in [6.45, 7) is 0. The first-order valence-electron chi connectivity index (χ1n) is 9.25. The summed E-state index contributed by atoms with van der Waals surface area (Å²) >= 11 is 6.07. The van der Waals surface area contributed by atoms with E-state index >= 15 is 0 Å². The fourth-order valence-corrected chi connectivity index (χ4v) is 3.40. The molecule has 0 atom stereocenters. The number of halogens is 1. The molecule has 1 fully saturated rings. The molecule has 12 heteroatoms. The van der Waals surface area contributed by atoms with Crippen molar-refractivity contribution in [3.05, 3.63) is 41.0 Å². The van der Waals surface area contributed by atoms with Gasteiger partial charge in [0.25, 0.3) is 5.91 Å². The Labute approximate surface area is 184 Å². The molecule has 1 saturated carbocycles. The van der Waals surface area contributed by atoms with E-state index in [1.165, 1.54) is 32.5 Å². The van der Waals surface area contributed by atoms with Crippen LogP contribution in [0.15, 0.2) is 30.5 Å². The molecule has 0 radical (unpaired) electrons. The average Bonchev–Trinajstić information content (AvgIpc) is 3.54. The molecule has 31 heavy (non-hydrogen) atoms. The average molecular weight is 468 g/mol. The first-order chi connectivity index (χ1) is 14.6. The number of benzene rings is 1. The van der Waals surface area contributed by atoms with Crippen LogP contribution >= 0.6 is 11.6 Å². The Morgan fingerprint density at radius 1 is 1.23 bits per heavy atom. The predicted molar refractivity (Wildman–Crippen MR) is 118 cm³/mol. The minimum Gasteiger partial charge on any atom is -0.353 e. The maximum Gasteiger partial charge on any atom is 0.278 e. The van der Waals surface area contributed by atoms with E-state index in [9.17, 15) is 18.0 Å². The molecule has 3 rings (SSSR count). The number of amides is 2. The molecular weight excluding hydrogens is 446 g/mol. The largest absolute Gasteiger partial charge is 0.353 e. The van der Waals surface area contributed by atoms with Gasteiger partial charge in [0, 0.05) is 30.3 Å². The summed E-state index contributed by atoms with van der Waals surface area (Å²) in [5.41, 5.74) is 3.25. The molecule has 3 N–H and O–H groups in total. The van der Waals surface area contributed by atoms with Gasteiger partial charge >= 0.3 is 0 Å². The van der Waals surface area contributed by atoms with Crippen LogP contribution in [0, 0.1) is 5.92 Å². The van der Waals surface area contributed by atoms with Gasteiger partial charge in [0.15, 0.2) is 0 Å². The second-order valence-corrected chi connectivity index (χ2v) is 9.48. The molecule has 1 aromatic carbocycles. The van der Waals surface area contributed by atoms with Gasteiger partial charge in [-0.15, -0.1) is 0 Å². The zero-order valence-electron chi connectivity index (χ0n) is 17.1. The number of aromatic nitrogens is 1. The van der Waals surface area contributed by atoms with E-state index in [0.29, 0.717) is 10.7 Å². The Morgan fingerprint density at radius 3 is 2.55 bits per heavy atom. The minimum atomic E-state index is -3.58. The Kier molecular flexibility index (Phi) is 6.68. The van der Waals surface area contributed by atoms with E-state index in [4.69, 9.17) is 16.4 Å². The highest BCUT2D eigenvalue weighted by Crippen LogP contribution is 2.34. The fourth-order valence-electron chi connectivity index (χ4n) is 2.72. The number of hydroxylamine groups is 1. The standard InChI is InChI=1S/C19H22ClN5O5S/c1-25(31(3,28)29)16-8-12(20)6-7-14(16)22-15-9-17(23-18(26)11-4-5-11)21-10-13(15)19(27)24-30-2/h6-11H,4-5H2,1-3H3,(H,24,27)(H2,21,22,23,26). The van der Waals surface area contributed by atoms with E-state index < -0.39 is 15.9 Å². The molecule has 0 unspecified atom stereocenters. The molecule has 0 spiro atoms. The molecule has 1 aliphatic rings. The molecule has 2 aromatic rings. The third-order valence-corrected chi connectivity index (χ3v) is 6.04. The molecule has 0 saturated heterocycles. The van der Waals surface area contributed by atoms with Crippen LogP contribution in [-0.4, -0.2) is 45.6 Å². The lowest BCUT2D eigenvalue weighted by molar-refractivity contribution is -0.117. The minimum absolute atomic E-state index is 0.0269. The molecule has 0 bridgehead atoms. The Hall–Kier alpha value is -2.89. The van der Waals surface area contributed by atoms with Crippen molar-refractivity contribution >= 4 is 56.3 Å². The molecule has 1 aromatic heterocycles. The molecule has 0 aliphatic heterocycles. The van der Waals surface area contributed by atoms with Crippen molar-refractivity contribution in [1.29, 1.82) is 0 Å². The van der Waals surface area contributed by atoms with Crippen molar-refractivity contribution in [2.75, 3.05) is 35.4 Å². The zero-order chi connectivity index (χ0) is 22.8. The number of hydrogen-bond acceptors (Lipinski definition) is 7. The van der Waals surface area contributed by atoms with Crippen molar-refractivity contribution in [3.8, 4) is 0 Å². The highest BCUT2D eigenvalue weighted by atomic mass is 35.5. The quantitative estimate of drug-likeness (QED) is 0.508. The summed E-state index contributed by atoms with van der Waals surface area (Å²) in [6, 6.07) is 6.14. The Bertz CT molecular complexity index is 1120. The number of sulfonamides is 1. The van der Waals surface area contributed by atoms with Crippen molar-refractivity contribution in [3.63, 3.8) is 0 Å². The predicted octanol–water partition coefficient (Wildman–Crippen LogP) is 2.51. The molecule has 1 aliphatic carbocycles. The van der Waals surface area contributed by atoms with Gasteiger partial charge in [0.05, 0.1) is 36.0 Å². The van der Waals surface area contributed by atoms with Crippen molar-refractivity contribution in [2.45, 2.75) is 12.8 Å². The maximum absolute atomic E-state index is 12.4. The molecule has 10 nitrogen and oxygen atoms in total. The maximum atomic E-state index is 12.4. The highest BCUT2D eigenvalue weighted by Gasteiger charge is 2.30. The summed E-state index contributed by atoms with van der Waals surface area (Å²) in [4.78, 5) is 33.3. The van der Waals surface area contributed by atoms with Crippen molar-refractivity contribution in [1.82, 2.24) is 10.5 Å². The number of nitrogens with one attached hydrogen (secondary N) is 3. The van der Waals surface area contributed by atoms with Gasteiger partial charge in [-0.05, 0) is 31.0 Å². The summed E-state index contributed by atoms with van der Waals surface area (Å²) in [7, 11) is -0.903. The number of carbonyl (C=O) groups excluding carboxylic acids is 2. The second kappa shape index (κ2) is 9.08. The third-order valence-electron chi connectivity index (χ3n) is 4.61. The zero-order valence-corrected chi connectivity index (χ0v) is 18.7. The van der Waals surface area contributed by atoms with Gasteiger partial charge in [-0.25, -0.2) is 18.9 Å². The van der Waals surface area contributed by atoms with Crippen molar-refractivity contribution < 1.29 is 22.8 Å². The smallest absolute Gasteiger partial charge is 0.278 e. The number of rotatable bonds is 8. The van der Waals surface area contributed by atoms with E-state index in [2.05, 4.69) is 21.1 Å². The van der Waals surface area contributed by atoms with Crippen LogP contribution in [0.3, 0.4) is 0 Å². The van der Waals surface area contributed by atoms with Crippen LogP contribution in [0.4, 0.5) is 22.9 Å². The van der Waals surface area contributed by atoms with Gasteiger partial charge in [-0.1, -0.05) is 11.6 Å². The van der Waals surface area contributed by atoms with E-state index in [0.717, 1.165) is 23.4 Å². The van der Waals surface area contributed by atoms with Crippen LogP contribution in [-0.2, 0) is 19.7 Å². The van der Waals surface area contributed by atoms with Gasteiger partial charge in [-0.2, -0.15) is 0 Å². The summed E-state index contributed by atoms with van der Waals surface area (Å²) in [6.07, 6.45) is 4.01. The van der Waals surface area contributed by atoms with Crippen LogP contribution in [0.2, 0.25) is 5.02 Å². The van der Waals surface area contributed by atoms with Crippen LogP contribution in [0.5, 0.6) is 0 Å². The monoisotopic (exact) mass is 467 g/mol. The summed E-state index contributed by atoms with van der Waals surface area (Å²) < 4.78 is 25.2. The van der Waals surface area contributed by atoms with Crippen LogP contribution < -0.4 is 20.4 Å². The van der Waals surface area contributed by atoms with Crippen LogP contribution in [0.25, 0.3) is 0 Å². The molecule has 2 amide bonds. The molecular formula is C19H22ClN5O5S. The topological polar surface area (TPSA) is 130 Å². The second-order valence-electron chi connectivity index (χ2n) is 7.03. The van der Waals surface area contributed by atoms with E-state index in [1.54, 1.807) is 12.1 Å². The van der Waals surface area contributed by atoms with Crippen molar-refractivity contribution in [2.24, 2.45) is 5.92 Å². The highest BCUT2D eigenvalue weighted by molar-refractivity contribution is 7.92. The third kappa shape index (κ3) is 5.63. The lowest BCUT2D eigenvalue weighted by Gasteiger charge is -2.22. The Morgan fingerprint density at radius 2 is 1.94 bits per heavy atom. The first-order valence-corrected chi connectivity index (χ1v) is 11.5. The molecule has 166 valence electrons. The van der Waals surface area contributed by atoms with Crippen LogP contribution in [0.1, 0.15) is 23.2 Å². The first kappa shape index (κ1) is 22.8. The normalized spacial score (nSPS) is 13.4. The lowest BCUT2D eigenvalue weighted by atomic mass is 10.2.